The molecule has 2 fully saturated rings. The Balaban J connectivity index is 1.52. The molecule has 8 nitrogen and oxygen atoms in total. The van der Waals surface area contributed by atoms with E-state index in [4.69, 9.17) is 19.9 Å². The van der Waals surface area contributed by atoms with Gasteiger partial charge in [0, 0.05) is 19.0 Å². The minimum atomic E-state index is 0.478. The van der Waals surface area contributed by atoms with Gasteiger partial charge in [-0.15, -0.1) is 15.0 Å². The highest BCUT2D eigenvalue weighted by molar-refractivity contribution is 5.66. The largest absolute Gasteiger partial charge is 0.378 e. The Kier molecular flexibility index (Phi) is 4.78. The van der Waals surface area contributed by atoms with E-state index in [-0.39, 0.29) is 0 Å². The first-order valence-corrected chi connectivity index (χ1v) is 10.2. The molecular formula is C20H25N7O. The molecule has 2 aromatic heterocycles. The van der Waals surface area contributed by atoms with Gasteiger partial charge in [-0.05, 0) is 25.0 Å². The molecule has 0 radical (unpaired) electrons. The second-order valence-corrected chi connectivity index (χ2v) is 7.48. The highest BCUT2D eigenvalue weighted by Gasteiger charge is 2.26. The predicted octanol–water partition coefficient (Wildman–Crippen LogP) is 2.94. The molecule has 0 atom stereocenters. The normalized spacial score (nSPS) is 18.5. The van der Waals surface area contributed by atoms with E-state index in [1.54, 1.807) is 4.80 Å². The third-order valence-electron chi connectivity index (χ3n) is 5.60. The van der Waals surface area contributed by atoms with Crippen LogP contribution in [0.3, 0.4) is 0 Å². The van der Waals surface area contributed by atoms with Crippen LogP contribution in [-0.2, 0) is 4.74 Å². The van der Waals surface area contributed by atoms with E-state index in [2.05, 4.69) is 15.1 Å². The number of aromatic amines is 1. The second kappa shape index (κ2) is 7.71. The zero-order valence-corrected chi connectivity index (χ0v) is 15.9. The Bertz CT molecular complexity index is 908. The third kappa shape index (κ3) is 3.40. The van der Waals surface area contributed by atoms with Crippen molar-refractivity contribution in [1.29, 1.82) is 0 Å². The van der Waals surface area contributed by atoms with Crippen molar-refractivity contribution in [2.24, 2.45) is 0 Å². The molecule has 0 amide bonds. The predicted molar refractivity (Wildman–Crippen MR) is 106 cm³/mol. The molecule has 1 aliphatic carbocycles. The van der Waals surface area contributed by atoms with Gasteiger partial charge < -0.3 is 9.64 Å². The molecule has 146 valence electrons. The Hall–Kier alpha value is -2.74. The Morgan fingerprint density at radius 1 is 0.964 bits per heavy atom. The molecule has 0 bridgehead atoms. The molecule has 0 unspecified atom stereocenters. The van der Waals surface area contributed by atoms with Crippen LogP contribution in [0.4, 0.5) is 5.82 Å². The van der Waals surface area contributed by atoms with Gasteiger partial charge in [-0.25, -0.2) is 4.98 Å². The number of H-pyrrole nitrogens is 1. The van der Waals surface area contributed by atoms with E-state index < -0.39 is 0 Å². The fraction of sp³-hybridized carbons (Fsp3) is 0.500. The summed E-state index contributed by atoms with van der Waals surface area (Å²) in [6, 6.07) is 9.96. The molecular weight excluding hydrogens is 354 g/mol. The quantitative estimate of drug-likeness (QED) is 0.750. The van der Waals surface area contributed by atoms with Crippen LogP contribution < -0.4 is 4.90 Å². The Morgan fingerprint density at radius 2 is 1.75 bits per heavy atom. The van der Waals surface area contributed by atoms with Crippen molar-refractivity contribution in [3.63, 3.8) is 0 Å². The summed E-state index contributed by atoms with van der Waals surface area (Å²) in [6.45, 7) is 2.97. The van der Waals surface area contributed by atoms with Gasteiger partial charge in [0.05, 0.1) is 18.9 Å². The first-order valence-electron chi connectivity index (χ1n) is 10.2. The molecule has 1 saturated carbocycles. The van der Waals surface area contributed by atoms with Crippen molar-refractivity contribution in [1.82, 2.24) is 30.2 Å². The van der Waals surface area contributed by atoms with Crippen molar-refractivity contribution in [2.75, 3.05) is 31.2 Å². The van der Waals surface area contributed by atoms with Gasteiger partial charge >= 0.3 is 0 Å². The number of anilines is 1. The number of ether oxygens (including phenoxy) is 1. The molecule has 5 rings (SSSR count). The molecule has 1 aliphatic heterocycles. The topological polar surface area (TPSA) is 84.8 Å². The number of benzene rings is 1. The summed E-state index contributed by atoms with van der Waals surface area (Å²) in [7, 11) is 0. The van der Waals surface area contributed by atoms with Crippen LogP contribution in [0.2, 0.25) is 0 Å². The standard InChI is InChI=1S/C20H25N7O/c1-3-7-15(8-4-1)18-21-19(23-22-18)17-20(26-11-13-28-14-12-26)25-27(24-17)16-9-5-2-6-10-16/h2,5-6,9-10,15H,1,3-4,7-8,11-14H2,(H,21,22,23). The third-order valence-corrected chi connectivity index (χ3v) is 5.60. The first-order chi connectivity index (χ1) is 13.9. The monoisotopic (exact) mass is 379 g/mol. The molecule has 1 aromatic carbocycles. The molecule has 28 heavy (non-hydrogen) atoms. The van der Waals surface area contributed by atoms with Crippen LogP contribution in [0.25, 0.3) is 17.2 Å². The number of rotatable bonds is 4. The summed E-state index contributed by atoms with van der Waals surface area (Å²) in [6.07, 6.45) is 6.22. The average molecular weight is 379 g/mol. The van der Waals surface area contributed by atoms with Crippen LogP contribution in [0, 0.1) is 0 Å². The van der Waals surface area contributed by atoms with Crippen molar-refractivity contribution in [3.05, 3.63) is 36.2 Å². The van der Waals surface area contributed by atoms with E-state index in [9.17, 15) is 0 Å². The number of aromatic nitrogens is 6. The van der Waals surface area contributed by atoms with Crippen molar-refractivity contribution in [2.45, 2.75) is 38.0 Å². The van der Waals surface area contributed by atoms with E-state index in [0.29, 0.717) is 25.0 Å². The second-order valence-electron chi connectivity index (χ2n) is 7.48. The van der Waals surface area contributed by atoms with Gasteiger partial charge in [-0.3, -0.25) is 5.10 Å². The number of nitrogens with one attached hydrogen (secondary N) is 1. The summed E-state index contributed by atoms with van der Waals surface area (Å²) in [4.78, 5) is 8.71. The molecule has 8 heteroatoms. The van der Waals surface area contributed by atoms with Gasteiger partial charge in [-0.2, -0.15) is 5.10 Å². The van der Waals surface area contributed by atoms with Crippen LogP contribution in [0.1, 0.15) is 43.8 Å². The van der Waals surface area contributed by atoms with E-state index in [1.165, 1.54) is 32.1 Å². The van der Waals surface area contributed by atoms with Crippen molar-refractivity contribution in [3.8, 4) is 17.2 Å². The lowest BCUT2D eigenvalue weighted by atomic mass is 9.89. The number of hydrogen-bond donors (Lipinski definition) is 1. The summed E-state index contributed by atoms with van der Waals surface area (Å²) >= 11 is 0. The summed E-state index contributed by atoms with van der Waals surface area (Å²) in [5.41, 5.74) is 1.65. The zero-order valence-electron chi connectivity index (χ0n) is 15.9. The smallest absolute Gasteiger partial charge is 0.205 e. The van der Waals surface area contributed by atoms with Crippen molar-refractivity contribution < 1.29 is 4.74 Å². The van der Waals surface area contributed by atoms with Crippen LogP contribution >= 0.6 is 0 Å². The molecule has 0 spiro atoms. The van der Waals surface area contributed by atoms with E-state index >= 15 is 0 Å². The van der Waals surface area contributed by atoms with Gasteiger partial charge in [0.1, 0.15) is 5.82 Å². The fourth-order valence-electron chi connectivity index (χ4n) is 4.05. The zero-order chi connectivity index (χ0) is 18.8. The molecule has 1 N–H and O–H groups in total. The highest BCUT2D eigenvalue weighted by Crippen LogP contribution is 2.32. The molecule has 3 aromatic rings. The maximum Gasteiger partial charge on any atom is 0.205 e. The first kappa shape index (κ1) is 17.4. The van der Waals surface area contributed by atoms with Gasteiger partial charge in [0.15, 0.2) is 11.5 Å². The van der Waals surface area contributed by atoms with Crippen LogP contribution in [0.15, 0.2) is 30.3 Å². The lowest BCUT2D eigenvalue weighted by Crippen LogP contribution is -2.36. The minimum Gasteiger partial charge on any atom is -0.378 e. The van der Waals surface area contributed by atoms with Crippen LogP contribution in [0.5, 0.6) is 0 Å². The maximum atomic E-state index is 5.51. The maximum absolute atomic E-state index is 5.51. The van der Waals surface area contributed by atoms with E-state index in [0.717, 1.165) is 36.1 Å². The van der Waals surface area contributed by atoms with Gasteiger partial charge in [0.25, 0.3) is 0 Å². The highest BCUT2D eigenvalue weighted by atomic mass is 16.5. The lowest BCUT2D eigenvalue weighted by molar-refractivity contribution is 0.122. The summed E-state index contributed by atoms with van der Waals surface area (Å²) < 4.78 is 5.51. The number of nitrogens with zero attached hydrogens (tertiary/aromatic N) is 6. The minimum absolute atomic E-state index is 0.478. The lowest BCUT2D eigenvalue weighted by Gasteiger charge is -2.26. The molecule has 1 saturated heterocycles. The molecule has 3 heterocycles. The van der Waals surface area contributed by atoms with Crippen molar-refractivity contribution >= 4 is 5.82 Å². The van der Waals surface area contributed by atoms with Gasteiger partial charge in [-0.1, -0.05) is 37.5 Å². The van der Waals surface area contributed by atoms with E-state index in [1.807, 2.05) is 30.3 Å². The Morgan fingerprint density at radius 3 is 2.54 bits per heavy atom. The summed E-state index contributed by atoms with van der Waals surface area (Å²) in [5.74, 6) is 2.91. The number of hydrogen-bond acceptors (Lipinski definition) is 6. The number of morpholine rings is 1. The number of para-hydroxylation sites is 1. The average Bonchev–Trinajstić information content (AvgIpc) is 3.43. The van der Waals surface area contributed by atoms with Crippen LogP contribution in [-0.4, -0.2) is 56.5 Å². The fourth-order valence-corrected chi connectivity index (χ4v) is 4.05. The Labute approximate surface area is 163 Å². The summed E-state index contributed by atoms with van der Waals surface area (Å²) in [5, 5.41) is 17.2. The SMILES string of the molecule is c1ccc(-n2nc(-c3n[nH]c(C4CCCCC4)n3)c(N3CCOCC3)n2)cc1. The van der Waals surface area contributed by atoms with Gasteiger partial charge in [0.2, 0.25) is 5.82 Å². The molecule has 2 aliphatic rings.